The van der Waals surface area contributed by atoms with Gasteiger partial charge in [0.05, 0.1) is 12.1 Å². The molecule has 0 aliphatic rings. The second-order valence-corrected chi connectivity index (χ2v) is 5.58. The second-order valence-electron chi connectivity index (χ2n) is 5.58. The van der Waals surface area contributed by atoms with E-state index >= 15 is 0 Å². The highest BCUT2D eigenvalue weighted by molar-refractivity contribution is 5.94. The van der Waals surface area contributed by atoms with Gasteiger partial charge in [-0.05, 0) is 38.8 Å². The number of carbonyl (C=O) groups is 1. The molecule has 0 radical (unpaired) electrons. The van der Waals surface area contributed by atoms with Gasteiger partial charge in [0.2, 0.25) is 0 Å². The summed E-state index contributed by atoms with van der Waals surface area (Å²) in [4.78, 5) is 12.1. The summed E-state index contributed by atoms with van der Waals surface area (Å²) in [6, 6.07) is 8.18. The Hall–Kier alpha value is -1.78. The smallest absolute Gasteiger partial charge is 0.254 e. The van der Waals surface area contributed by atoms with E-state index in [-0.39, 0.29) is 24.4 Å². The first kappa shape index (κ1) is 18.3. The highest BCUT2D eigenvalue weighted by Gasteiger charge is 2.13. The number of hydrogen-bond acceptors (Lipinski definition) is 3. The van der Waals surface area contributed by atoms with Crippen LogP contribution in [0.4, 0.5) is 0 Å². The van der Waals surface area contributed by atoms with Gasteiger partial charge in [-0.3, -0.25) is 4.79 Å². The summed E-state index contributed by atoms with van der Waals surface area (Å²) in [5, 5.41) is 2.98. The molecule has 0 spiro atoms. The molecular weight excluding hydrogens is 300 g/mol. The van der Waals surface area contributed by atoms with Gasteiger partial charge in [0.1, 0.15) is 12.0 Å². The van der Waals surface area contributed by atoms with Gasteiger partial charge in [0.25, 0.3) is 5.91 Å². The lowest BCUT2D eigenvalue weighted by Gasteiger charge is -2.14. The summed E-state index contributed by atoms with van der Waals surface area (Å²) in [6.45, 7) is 6.46. The Morgan fingerprint density at radius 3 is 2.41 bits per heavy atom. The molecule has 1 aromatic heterocycles. The SMILES string of the molecule is Cc1cc(C)cc(CC(C)NC(=O)c2coc(CN)c2)c1.Cl. The molecule has 1 aromatic carbocycles. The van der Waals surface area contributed by atoms with Crippen LogP contribution in [0.25, 0.3) is 0 Å². The monoisotopic (exact) mass is 322 g/mol. The lowest BCUT2D eigenvalue weighted by Crippen LogP contribution is -2.33. The van der Waals surface area contributed by atoms with E-state index in [1.165, 1.54) is 23.0 Å². The molecule has 0 saturated carbocycles. The van der Waals surface area contributed by atoms with Crippen LogP contribution < -0.4 is 11.1 Å². The molecule has 0 aliphatic carbocycles. The molecule has 2 rings (SSSR count). The molecule has 0 bridgehead atoms. The first-order valence-electron chi connectivity index (χ1n) is 7.13. The zero-order chi connectivity index (χ0) is 15.4. The van der Waals surface area contributed by atoms with Crippen molar-refractivity contribution >= 4 is 18.3 Å². The number of rotatable bonds is 5. The van der Waals surface area contributed by atoms with E-state index in [9.17, 15) is 4.79 Å². The van der Waals surface area contributed by atoms with Gasteiger partial charge in [-0.2, -0.15) is 0 Å². The first-order chi connectivity index (χ1) is 9.97. The number of hydrogen-bond donors (Lipinski definition) is 2. The normalized spacial score (nSPS) is 11.6. The zero-order valence-electron chi connectivity index (χ0n) is 13.2. The van der Waals surface area contributed by atoms with Crippen LogP contribution in [0.15, 0.2) is 34.9 Å². The van der Waals surface area contributed by atoms with Crippen molar-refractivity contribution in [1.82, 2.24) is 5.32 Å². The van der Waals surface area contributed by atoms with Crippen LogP contribution >= 0.6 is 12.4 Å². The Kier molecular flexibility index (Phi) is 6.65. The van der Waals surface area contributed by atoms with E-state index in [4.69, 9.17) is 10.2 Å². The molecule has 1 unspecified atom stereocenters. The lowest BCUT2D eigenvalue weighted by atomic mass is 10.0. The van der Waals surface area contributed by atoms with Gasteiger partial charge in [-0.15, -0.1) is 12.4 Å². The molecular formula is C17H23ClN2O2. The molecule has 0 fully saturated rings. The van der Waals surface area contributed by atoms with Crippen LogP contribution in [0.2, 0.25) is 0 Å². The third-order valence-electron chi connectivity index (χ3n) is 3.32. The van der Waals surface area contributed by atoms with Crippen molar-refractivity contribution in [2.75, 3.05) is 0 Å². The highest BCUT2D eigenvalue weighted by atomic mass is 35.5. The number of amides is 1. The number of nitrogens with one attached hydrogen (secondary N) is 1. The molecule has 22 heavy (non-hydrogen) atoms. The molecule has 3 N–H and O–H groups in total. The Balaban J connectivity index is 0.00000242. The van der Waals surface area contributed by atoms with Crippen LogP contribution in [-0.2, 0) is 13.0 Å². The van der Waals surface area contributed by atoms with E-state index in [1.807, 2.05) is 6.92 Å². The number of benzene rings is 1. The van der Waals surface area contributed by atoms with Crippen molar-refractivity contribution in [3.8, 4) is 0 Å². The Labute approximate surface area is 137 Å². The largest absolute Gasteiger partial charge is 0.467 e. The first-order valence-corrected chi connectivity index (χ1v) is 7.13. The third kappa shape index (κ3) is 4.90. The van der Waals surface area contributed by atoms with Crippen LogP contribution in [0.1, 0.15) is 39.7 Å². The highest BCUT2D eigenvalue weighted by Crippen LogP contribution is 2.12. The minimum Gasteiger partial charge on any atom is -0.467 e. The minimum atomic E-state index is -0.129. The average Bonchev–Trinajstić information content (AvgIpc) is 2.85. The van der Waals surface area contributed by atoms with Gasteiger partial charge < -0.3 is 15.5 Å². The third-order valence-corrected chi connectivity index (χ3v) is 3.32. The van der Waals surface area contributed by atoms with E-state index in [0.717, 1.165) is 6.42 Å². The quantitative estimate of drug-likeness (QED) is 0.888. The molecule has 0 saturated heterocycles. The average molecular weight is 323 g/mol. The van der Waals surface area contributed by atoms with Crippen LogP contribution in [0, 0.1) is 13.8 Å². The Bertz CT molecular complexity index is 617. The summed E-state index contributed by atoms with van der Waals surface area (Å²) in [5.41, 5.74) is 9.70. The van der Waals surface area contributed by atoms with E-state index in [0.29, 0.717) is 17.9 Å². The Morgan fingerprint density at radius 2 is 1.86 bits per heavy atom. The molecule has 1 amide bonds. The molecule has 1 heterocycles. The lowest BCUT2D eigenvalue weighted by molar-refractivity contribution is 0.0939. The zero-order valence-corrected chi connectivity index (χ0v) is 14.0. The maximum Gasteiger partial charge on any atom is 0.254 e. The number of aryl methyl sites for hydroxylation is 2. The maximum atomic E-state index is 12.1. The molecule has 1 atom stereocenters. The molecule has 0 aliphatic heterocycles. The second kappa shape index (κ2) is 8.01. The van der Waals surface area contributed by atoms with Crippen molar-refractivity contribution in [3.05, 3.63) is 58.5 Å². The van der Waals surface area contributed by atoms with E-state index < -0.39 is 0 Å². The molecule has 4 nitrogen and oxygen atoms in total. The van der Waals surface area contributed by atoms with Gasteiger partial charge >= 0.3 is 0 Å². The van der Waals surface area contributed by atoms with E-state index in [1.54, 1.807) is 6.07 Å². The number of furan rings is 1. The number of halogens is 1. The van der Waals surface area contributed by atoms with Gasteiger partial charge in [0, 0.05) is 6.04 Å². The summed E-state index contributed by atoms with van der Waals surface area (Å²) in [6.07, 6.45) is 2.25. The predicted molar refractivity (Wildman–Crippen MR) is 90.4 cm³/mol. The fraction of sp³-hybridized carbons (Fsp3) is 0.353. The van der Waals surface area contributed by atoms with Crippen molar-refractivity contribution in [3.63, 3.8) is 0 Å². The fourth-order valence-electron chi connectivity index (χ4n) is 2.51. The van der Waals surface area contributed by atoms with Gasteiger partial charge in [-0.1, -0.05) is 29.3 Å². The van der Waals surface area contributed by atoms with Crippen molar-refractivity contribution in [2.45, 2.75) is 39.8 Å². The van der Waals surface area contributed by atoms with Crippen LogP contribution in [0.5, 0.6) is 0 Å². The van der Waals surface area contributed by atoms with E-state index in [2.05, 4.69) is 37.4 Å². The molecule has 120 valence electrons. The Morgan fingerprint density at radius 1 is 1.23 bits per heavy atom. The van der Waals surface area contributed by atoms with Crippen molar-refractivity contribution in [1.29, 1.82) is 0 Å². The minimum absolute atomic E-state index is 0. The van der Waals surface area contributed by atoms with Gasteiger partial charge in [-0.25, -0.2) is 0 Å². The summed E-state index contributed by atoms with van der Waals surface area (Å²) in [7, 11) is 0. The van der Waals surface area contributed by atoms with Crippen LogP contribution in [-0.4, -0.2) is 11.9 Å². The number of nitrogens with two attached hydrogens (primary N) is 1. The molecule has 2 aromatic rings. The topological polar surface area (TPSA) is 68.3 Å². The fourth-order valence-corrected chi connectivity index (χ4v) is 2.51. The summed E-state index contributed by atoms with van der Waals surface area (Å²) < 4.78 is 5.18. The molecule has 5 heteroatoms. The maximum absolute atomic E-state index is 12.1. The standard InChI is InChI=1S/C17H22N2O2.ClH/c1-11-4-12(2)6-14(5-11)7-13(3)19-17(20)15-8-16(9-18)21-10-15;/h4-6,8,10,13H,7,9,18H2,1-3H3,(H,19,20);1H. The van der Waals surface area contributed by atoms with Crippen molar-refractivity contribution < 1.29 is 9.21 Å². The summed E-state index contributed by atoms with van der Waals surface area (Å²) in [5.74, 6) is 0.484. The predicted octanol–water partition coefficient (Wildman–Crippen LogP) is 3.14. The van der Waals surface area contributed by atoms with Crippen LogP contribution in [0.3, 0.4) is 0 Å². The van der Waals surface area contributed by atoms with Crippen molar-refractivity contribution in [2.24, 2.45) is 5.73 Å². The van der Waals surface area contributed by atoms with Gasteiger partial charge in [0.15, 0.2) is 0 Å². The number of carbonyl (C=O) groups excluding carboxylic acids is 1. The summed E-state index contributed by atoms with van der Waals surface area (Å²) >= 11 is 0.